The zero-order valence-electron chi connectivity index (χ0n) is 10.2. The number of benzene rings is 1. The van der Waals surface area contributed by atoms with Gasteiger partial charge in [-0.25, -0.2) is 0 Å². The van der Waals surface area contributed by atoms with Crippen LogP contribution in [0.2, 0.25) is 0 Å². The van der Waals surface area contributed by atoms with Gasteiger partial charge in [0.15, 0.2) is 0 Å². The third kappa shape index (κ3) is 2.99. The van der Waals surface area contributed by atoms with Crippen molar-refractivity contribution in [1.29, 1.82) is 0 Å². The van der Waals surface area contributed by atoms with Gasteiger partial charge in [0.05, 0.1) is 0 Å². The summed E-state index contributed by atoms with van der Waals surface area (Å²) in [6, 6.07) is 11.5. The molecule has 0 aliphatic carbocycles. The molecule has 2 rings (SSSR count). The van der Waals surface area contributed by atoms with E-state index in [1.54, 1.807) is 0 Å². The third-order valence-electron chi connectivity index (χ3n) is 3.40. The van der Waals surface area contributed by atoms with Crippen LogP contribution in [0, 0.1) is 0 Å². The molecule has 1 aromatic rings. The quantitative estimate of drug-likeness (QED) is 0.821. The molecule has 0 saturated carbocycles. The van der Waals surface area contributed by atoms with Crippen LogP contribution in [-0.2, 0) is 0 Å². The van der Waals surface area contributed by atoms with Crippen molar-refractivity contribution < 1.29 is 0 Å². The fraction of sp³-hybridized carbons (Fsp3) is 0.571. The van der Waals surface area contributed by atoms with E-state index < -0.39 is 0 Å². The van der Waals surface area contributed by atoms with E-state index in [2.05, 4.69) is 47.5 Å². The molecule has 16 heavy (non-hydrogen) atoms. The van der Waals surface area contributed by atoms with Crippen molar-refractivity contribution in [3.05, 3.63) is 30.3 Å². The molecule has 1 heterocycles. The Morgan fingerprint density at radius 3 is 2.81 bits per heavy atom. The molecule has 0 amide bonds. The van der Waals surface area contributed by atoms with Crippen molar-refractivity contribution in [2.24, 2.45) is 0 Å². The highest BCUT2D eigenvalue weighted by Crippen LogP contribution is 2.16. The normalized spacial score (nSPS) is 22.6. The minimum absolute atomic E-state index is 0.700. The lowest BCUT2D eigenvalue weighted by Gasteiger charge is -2.30. The third-order valence-corrected chi connectivity index (χ3v) is 3.40. The summed E-state index contributed by atoms with van der Waals surface area (Å²) in [6.45, 7) is 5.77. The van der Waals surface area contributed by atoms with Gasteiger partial charge in [0.2, 0.25) is 0 Å². The van der Waals surface area contributed by atoms with Crippen LogP contribution in [0.3, 0.4) is 0 Å². The van der Waals surface area contributed by atoms with Crippen molar-refractivity contribution >= 4 is 5.69 Å². The van der Waals surface area contributed by atoms with Crippen LogP contribution in [0.5, 0.6) is 0 Å². The average Bonchev–Trinajstić information content (AvgIpc) is 2.30. The van der Waals surface area contributed by atoms with Crippen molar-refractivity contribution in [2.75, 3.05) is 24.5 Å². The van der Waals surface area contributed by atoms with Gasteiger partial charge < -0.3 is 10.2 Å². The Hall–Kier alpha value is -1.02. The number of para-hydroxylation sites is 1. The molecule has 0 spiro atoms. The molecule has 1 aliphatic rings. The molecule has 2 heteroatoms. The maximum absolute atomic E-state index is 3.62. The first kappa shape index (κ1) is 11.5. The molecule has 1 unspecified atom stereocenters. The van der Waals surface area contributed by atoms with Crippen LogP contribution in [0.4, 0.5) is 5.69 Å². The van der Waals surface area contributed by atoms with E-state index >= 15 is 0 Å². The molecule has 1 atom stereocenters. The predicted molar refractivity (Wildman–Crippen MR) is 70.0 cm³/mol. The van der Waals surface area contributed by atoms with Crippen molar-refractivity contribution in [3.8, 4) is 0 Å². The number of nitrogens with zero attached hydrogens (tertiary/aromatic N) is 1. The van der Waals surface area contributed by atoms with E-state index in [9.17, 15) is 0 Å². The highest BCUT2D eigenvalue weighted by molar-refractivity contribution is 5.45. The average molecular weight is 218 g/mol. The second kappa shape index (κ2) is 5.90. The van der Waals surface area contributed by atoms with Gasteiger partial charge in [-0.1, -0.05) is 25.1 Å². The first-order valence-corrected chi connectivity index (χ1v) is 6.43. The topological polar surface area (TPSA) is 15.3 Å². The molecule has 1 aliphatic heterocycles. The summed E-state index contributed by atoms with van der Waals surface area (Å²) in [7, 11) is 0. The number of anilines is 1. The highest BCUT2D eigenvalue weighted by atomic mass is 15.1. The maximum atomic E-state index is 3.62. The van der Waals surface area contributed by atoms with Gasteiger partial charge in [-0.3, -0.25) is 0 Å². The van der Waals surface area contributed by atoms with E-state index in [0.717, 1.165) is 6.54 Å². The van der Waals surface area contributed by atoms with Gasteiger partial charge in [0.1, 0.15) is 0 Å². The first-order valence-electron chi connectivity index (χ1n) is 6.43. The Labute approximate surface area is 98.7 Å². The van der Waals surface area contributed by atoms with E-state index in [0.29, 0.717) is 6.04 Å². The molecular formula is C14H22N2. The van der Waals surface area contributed by atoms with Crippen molar-refractivity contribution in [3.63, 3.8) is 0 Å². The van der Waals surface area contributed by atoms with Gasteiger partial charge >= 0.3 is 0 Å². The SMILES string of the molecule is CCC1CCN(c2ccccc2)CCCN1. The largest absolute Gasteiger partial charge is 0.371 e. The lowest BCUT2D eigenvalue weighted by molar-refractivity contribution is 0.439. The molecule has 0 bridgehead atoms. The van der Waals surface area contributed by atoms with Gasteiger partial charge in [0, 0.05) is 24.8 Å². The summed E-state index contributed by atoms with van der Waals surface area (Å²) in [4.78, 5) is 2.52. The minimum atomic E-state index is 0.700. The fourth-order valence-electron chi connectivity index (χ4n) is 2.35. The zero-order valence-corrected chi connectivity index (χ0v) is 10.2. The fourth-order valence-corrected chi connectivity index (χ4v) is 2.35. The predicted octanol–water partition coefficient (Wildman–Crippen LogP) is 2.66. The smallest absolute Gasteiger partial charge is 0.0366 e. The second-order valence-corrected chi connectivity index (χ2v) is 4.52. The lowest BCUT2D eigenvalue weighted by Crippen LogP contribution is -2.39. The lowest BCUT2D eigenvalue weighted by atomic mass is 10.1. The monoisotopic (exact) mass is 218 g/mol. The second-order valence-electron chi connectivity index (χ2n) is 4.52. The molecule has 1 saturated heterocycles. The molecule has 2 nitrogen and oxygen atoms in total. The minimum Gasteiger partial charge on any atom is -0.371 e. The number of hydrogen-bond acceptors (Lipinski definition) is 2. The Balaban J connectivity index is 1.99. The van der Waals surface area contributed by atoms with Gasteiger partial charge in [0.25, 0.3) is 0 Å². The molecular weight excluding hydrogens is 196 g/mol. The molecule has 0 aromatic heterocycles. The molecule has 1 N–H and O–H groups in total. The summed E-state index contributed by atoms with van der Waals surface area (Å²) in [5.41, 5.74) is 1.37. The molecule has 1 aromatic carbocycles. The number of rotatable bonds is 2. The number of nitrogens with one attached hydrogen (secondary N) is 1. The van der Waals surface area contributed by atoms with Gasteiger partial charge in [-0.2, -0.15) is 0 Å². The van der Waals surface area contributed by atoms with E-state index in [1.165, 1.54) is 38.0 Å². The Bertz CT molecular complexity index is 297. The van der Waals surface area contributed by atoms with Crippen LogP contribution >= 0.6 is 0 Å². The zero-order chi connectivity index (χ0) is 11.2. The van der Waals surface area contributed by atoms with Crippen LogP contribution in [-0.4, -0.2) is 25.7 Å². The summed E-state index contributed by atoms with van der Waals surface area (Å²) < 4.78 is 0. The van der Waals surface area contributed by atoms with E-state index in [-0.39, 0.29) is 0 Å². The molecule has 0 radical (unpaired) electrons. The van der Waals surface area contributed by atoms with Crippen LogP contribution in [0.25, 0.3) is 0 Å². The maximum Gasteiger partial charge on any atom is 0.0366 e. The summed E-state index contributed by atoms with van der Waals surface area (Å²) in [5, 5.41) is 3.62. The Morgan fingerprint density at radius 2 is 2.06 bits per heavy atom. The molecule has 88 valence electrons. The van der Waals surface area contributed by atoms with Gasteiger partial charge in [-0.15, -0.1) is 0 Å². The highest BCUT2D eigenvalue weighted by Gasteiger charge is 2.13. The molecule has 1 fully saturated rings. The number of hydrogen-bond donors (Lipinski definition) is 1. The van der Waals surface area contributed by atoms with E-state index in [1.807, 2.05) is 0 Å². The van der Waals surface area contributed by atoms with Crippen LogP contribution < -0.4 is 10.2 Å². The summed E-state index contributed by atoms with van der Waals surface area (Å²) in [6.07, 6.45) is 3.74. The van der Waals surface area contributed by atoms with Gasteiger partial charge in [-0.05, 0) is 37.9 Å². The Morgan fingerprint density at radius 1 is 1.25 bits per heavy atom. The summed E-state index contributed by atoms with van der Waals surface area (Å²) >= 11 is 0. The summed E-state index contributed by atoms with van der Waals surface area (Å²) in [5.74, 6) is 0. The first-order chi connectivity index (χ1) is 7.90. The van der Waals surface area contributed by atoms with E-state index in [4.69, 9.17) is 0 Å². The van der Waals surface area contributed by atoms with Crippen molar-refractivity contribution in [2.45, 2.75) is 32.2 Å². The van der Waals surface area contributed by atoms with Crippen LogP contribution in [0.1, 0.15) is 26.2 Å². The Kier molecular flexibility index (Phi) is 4.23. The standard InChI is InChI=1S/C14H22N2/c1-2-13-9-12-16(11-6-10-15-13)14-7-4-3-5-8-14/h3-5,7-8,13,15H,2,6,9-12H2,1H3. The van der Waals surface area contributed by atoms with Crippen LogP contribution in [0.15, 0.2) is 30.3 Å². The van der Waals surface area contributed by atoms with Crippen molar-refractivity contribution in [1.82, 2.24) is 5.32 Å².